The van der Waals surface area contributed by atoms with Gasteiger partial charge >= 0.3 is 0 Å². The molecule has 150 valence electrons. The zero-order valence-electron chi connectivity index (χ0n) is 16.1. The second-order valence-corrected chi connectivity index (χ2v) is 8.77. The zero-order valence-corrected chi connectivity index (χ0v) is 16.9. The molecule has 28 heavy (non-hydrogen) atoms. The number of hydrazone groups is 1. The third kappa shape index (κ3) is 4.86. The van der Waals surface area contributed by atoms with E-state index in [-0.39, 0.29) is 12.5 Å². The molecule has 2 heterocycles. The molecule has 0 radical (unpaired) electrons. The first kappa shape index (κ1) is 20.2. The van der Waals surface area contributed by atoms with E-state index < -0.39 is 10.0 Å². The van der Waals surface area contributed by atoms with Crippen molar-refractivity contribution in [3.63, 3.8) is 0 Å². The number of piperazine rings is 1. The zero-order chi connectivity index (χ0) is 20.1. The lowest BCUT2D eigenvalue weighted by molar-refractivity contribution is -0.122. The van der Waals surface area contributed by atoms with E-state index >= 15 is 0 Å². The van der Waals surface area contributed by atoms with Crippen molar-refractivity contribution in [3.8, 4) is 0 Å². The fourth-order valence-electron chi connectivity index (χ4n) is 3.00. The maximum atomic E-state index is 12.7. The smallest absolute Gasteiger partial charge is 0.254 e. The third-order valence-electron chi connectivity index (χ3n) is 4.73. The minimum Gasteiger partial charge on any atom is -0.350 e. The number of carbonyl (C=O) groups is 1. The number of hydrogen-bond donors (Lipinski definition) is 1. The molecule has 1 saturated heterocycles. The van der Waals surface area contributed by atoms with Crippen molar-refractivity contribution in [2.24, 2.45) is 12.1 Å². The fraction of sp³-hybridized carbons (Fsp3) is 0.368. The van der Waals surface area contributed by atoms with Crippen LogP contribution in [0, 0.1) is 6.92 Å². The first-order valence-electron chi connectivity index (χ1n) is 9.09. The van der Waals surface area contributed by atoms with E-state index in [0.717, 1.165) is 11.3 Å². The van der Waals surface area contributed by atoms with Gasteiger partial charge < -0.3 is 4.57 Å². The Bertz CT molecular complexity index is 942. The van der Waals surface area contributed by atoms with Crippen LogP contribution in [0.1, 0.15) is 11.3 Å². The predicted octanol–water partition coefficient (Wildman–Crippen LogP) is 0.790. The molecule has 1 fully saturated rings. The summed E-state index contributed by atoms with van der Waals surface area (Å²) in [6.45, 7) is 3.82. The Morgan fingerprint density at radius 3 is 2.43 bits per heavy atom. The van der Waals surface area contributed by atoms with E-state index in [4.69, 9.17) is 0 Å². The van der Waals surface area contributed by atoms with Gasteiger partial charge in [-0.3, -0.25) is 9.69 Å². The lowest BCUT2D eigenvalue weighted by Crippen LogP contribution is -2.50. The highest BCUT2D eigenvalue weighted by atomic mass is 32.2. The minimum atomic E-state index is -3.49. The number of aryl methyl sites for hydroxylation is 2. The Hall–Kier alpha value is -2.49. The lowest BCUT2D eigenvalue weighted by Gasteiger charge is -2.33. The van der Waals surface area contributed by atoms with Gasteiger partial charge in [0.15, 0.2) is 0 Å². The largest absolute Gasteiger partial charge is 0.350 e. The molecule has 8 nitrogen and oxygen atoms in total. The summed E-state index contributed by atoms with van der Waals surface area (Å²) in [5.74, 6) is -0.222. The fourth-order valence-corrected chi connectivity index (χ4v) is 4.43. The van der Waals surface area contributed by atoms with Crippen molar-refractivity contribution in [2.75, 3.05) is 32.7 Å². The predicted molar refractivity (Wildman–Crippen MR) is 108 cm³/mol. The SMILES string of the molecule is Cc1ccc(S(=O)(=O)N2CCN(CC(=O)NN=Cc3cccn3C)CC2)cc1. The highest BCUT2D eigenvalue weighted by molar-refractivity contribution is 7.89. The summed E-state index contributed by atoms with van der Waals surface area (Å²) in [4.78, 5) is 14.3. The van der Waals surface area contributed by atoms with Crippen molar-refractivity contribution >= 4 is 22.1 Å². The van der Waals surface area contributed by atoms with Gasteiger partial charge in [0, 0.05) is 39.4 Å². The van der Waals surface area contributed by atoms with Crippen LogP contribution in [0.2, 0.25) is 0 Å². The molecule has 0 aliphatic carbocycles. The molecule has 1 aliphatic heterocycles. The summed E-state index contributed by atoms with van der Waals surface area (Å²) in [7, 11) is -1.60. The Morgan fingerprint density at radius 1 is 1.14 bits per heavy atom. The van der Waals surface area contributed by atoms with E-state index in [1.54, 1.807) is 30.5 Å². The molecule has 9 heteroatoms. The molecular weight excluding hydrogens is 378 g/mol. The van der Waals surface area contributed by atoms with Crippen molar-refractivity contribution in [1.29, 1.82) is 0 Å². The van der Waals surface area contributed by atoms with Gasteiger partial charge in [-0.1, -0.05) is 17.7 Å². The van der Waals surface area contributed by atoms with E-state index in [0.29, 0.717) is 31.1 Å². The summed E-state index contributed by atoms with van der Waals surface area (Å²) in [6, 6.07) is 10.6. The van der Waals surface area contributed by atoms with Crippen LogP contribution < -0.4 is 5.43 Å². The number of sulfonamides is 1. The molecule has 1 aromatic carbocycles. The summed E-state index contributed by atoms with van der Waals surface area (Å²) in [6.07, 6.45) is 3.48. The number of nitrogens with zero attached hydrogens (tertiary/aromatic N) is 4. The first-order chi connectivity index (χ1) is 13.4. The number of aromatic nitrogens is 1. The van der Waals surface area contributed by atoms with E-state index in [1.807, 2.05) is 41.8 Å². The molecule has 0 spiro atoms. The molecule has 2 aromatic rings. The average molecular weight is 404 g/mol. The van der Waals surface area contributed by atoms with Crippen molar-refractivity contribution in [1.82, 2.24) is 19.2 Å². The van der Waals surface area contributed by atoms with Gasteiger partial charge in [-0.25, -0.2) is 13.8 Å². The van der Waals surface area contributed by atoms with Crippen LogP contribution in [-0.4, -0.2) is 67.0 Å². The number of hydrogen-bond acceptors (Lipinski definition) is 5. The van der Waals surface area contributed by atoms with Crippen LogP contribution >= 0.6 is 0 Å². The van der Waals surface area contributed by atoms with Crippen LogP contribution in [0.3, 0.4) is 0 Å². The molecule has 0 unspecified atom stereocenters. The van der Waals surface area contributed by atoms with Gasteiger partial charge in [-0.15, -0.1) is 0 Å². The molecule has 3 rings (SSSR count). The summed E-state index contributed by atoms with van der Waals surface area (Å²) < 4.78 is 28.8. The van der Waals surface area contributed by atoms with Crippen LogP contribution in [0.5, 0.6) is 0 Å². The topological polar surface area (TPSA) is 87.0 Å². The molecule has 1 aliphatic rings. The second kappa shape index (κ2) is 8.68. The van der Waals surface area contributed by atoms with Gasteiger partial charge in [0.25, 0.3) is 5.91 Å². The maximum absolute atomic E-state index is 12.7. The number of carbonyl (C=O) groups excluding carboxylic acids is 1. The quantitative estimate of drug-likeness (QED) is 0.571. The molecule has 1 aromatic heterocycles. The van der Waals surface area contributed by atoms with Gasteiger partial charge in [-0.05, 0) is 31.2 Å². The van der Waals surface area contributed by atoms with Crippen molar-refractivity contribution in [2.45, 2.75) is 11.8 Å². The highest BCUT2D eigenvalue weighted by Crippen LogP contribution is 2.18. The van der Waals surface area contributed by atoms with E-state index in [1.165, 1.54) is 4.31 Å². The molecule has 1 N–H and O–H groups in total. The van der Waals surface area contributed by atoms with Gasteiger partial charge in [-0.2, -0.15) is 9.41 Å². The van der Waals surface area contributed by atoms with Gasteiger partial charge in [0.2, 0.25) is 10.0 Å². The van der Waals surface area contributed by atoms with Crippen LogP contribution in [0.25, 0.3) is 0 Å². The molecule has 1 amide bonds. The van der Waals surface area contributed by atoms with Crippen LogP contribution in [0.15, 0.2) is 52.6 Å². The van der Waals surface area contributed by atoms with Crippen molar-refractivity contribution in [3.05, 3.63) is 53.9 Å². The average Bonchev–Trinajstić information content (AvgIpc) is 3.07. The number of amides is 1. The van der Waals surface area contributed by atoms with Crippen molar-refractivity contribution < 1.29 is 13.2 Å². The molecular formula is C19H25N5O3S. The maximum Gasteiger partial charge on any atom is 0.254 e. The minimum absolute atomic E-state index is 0.183. The summed E-state index contributed by atoms with van der Waals surface area (Å²) in [5.41, 5.74) is 4.41. The molecule has 0 bridgehead atoms. The normalized spacial score (nSPS) is 16.5. The Morgan fingerprint density at radius 2 is 1.82 bits per heavy atom. The number of nitrogens with one attached hydrogen (secondary N) is 1. The monoisotopic (exact) mass is 403 g/mol. The summed E-state index contributed by atoms with van der Waals surface area (Å²) in [5, 5.41) is 3.96. The van der Waals surface area contributed by atoms with E-state index in [2.05, 4.69) is 10.5 Å². The highest BCUT2D eigenvalue weighted by Gasteiger charge is 2.28. The van der Waals surface area contributed by atoms with E-state index in [9.17, 15) is 13.2 Å². The van der Waals surface area contributed by atoms with Gasteiger partial charge in [0.05, 0.1) is 23.3 Å². The number of benzene rings is 1. The molecule has 0 saturated carbocycles. The second-order valence-electron chi connectivity index (χ2n) is 6.83. The lowest BCUT2D eigenvalue weighted by atomic mass is 10.2. The first-order valence-corrected chi connectivity index (χ1v) is 10.5. The Labute approximate surface area is 165 Å². The number of rotatable bonds is 6. The summed E-state index contributed by atoms with van der Waals surface area (Å²) >= 11 is 0. The Kier molecular flexibility index (Phi) is 6.28. The Balaban J connectivity index is 1.48. The third-order valence-corrected chi connectivity index (χ3v) is 6.64. The van der Waals surface area contributed by atoms with Crippen LogP contribution in [-0.2, 0) is 21.9 Å². The molecule has 0 atom stereocenters. The van der Waals surface area contributed by atoms with Gasteiger partial charge in [0.1, 0.15) is 0 Å². The van der Waals surface area contributed by atoms with Crippen LogP contribution in [0.4, 0.5) is 0 Å². The standard InChI is InChI=1S/C19H25N5O3S/c1-16-5-7-18(8-6-16)28(26,27)24-12-10-23(11-13-24)15-19(25)21-20-14-17-4-3-9-22(17)2/h3-9,14H,10-13,15H2,1-2H3,(H,21,25).